The Morgan fingerprint density at radius 2 is 1.00 bits per heavy atom. The number of phosphoric acid groups is 2. The van der Waals surface area contributed by atoms with E-state index in [0.717, 1.165) is 0 Å². The molecule has 0 aromatic rings. The van der Waals surface area contributed by atoms with Crippen LogP contribution in [0.25, 0.3) is 0 Å². The molecule has 0 saturated carbocycles. The second-order valence-corrected chi connectivity index (χ2v) is 3.98. The van der Waals surface area contributed by atoms with Gasteiger partial charge in [-0.25, -0.2) is 9.13 Å². The van der Waals surface area contributed by atoms with Gasteiger partial charge < -0.3 is 34.1 Å². The molecule has 0 spiro atoms. The molecule has 0 fully saturated rings. The highest BCUT2D eigenvalue weighted by atomic mass is 31.2. The van der Waals surface area contributed by atoms with Crippen molar-refractivity contribution in [1.29, 1.82) is 0 Å². The van der Waals surface area contributed by atoms with Gasteiger partial charge in [0, 0.05) is 0 Å². The zero-order chi connectivity index (χ0) is 14.5. The Balaban J connectivity index is -0.000000177. The fourth-order valence-electron chi connectivity index (χ4n) is 0.169. The molecule has 11 heteroatoms. The van der Waals surface area contributed by atoms with Crippen molar-refractivity contribution < 1.29 is 43.2 Å². The molecule has 0 saturated heterocycles. The molecule has 0 aromatic heterocycles. The maximum Gasteiger partial charge on any atom is 0.466 e. The van der Waals surface area contributed by atoms with Gasteiger partial charge in [0.25, 0.3) is 0 Å². The summed E-state index contributed by atoms with van der Waals surface area (Å²) in [6.07, 6.45) is 9.65. The van der Waals surface area contributed by atoms with Crippen molar-refractivity contribution in [2.24, 2.45) is 0 Å². The minimum absolute atomic E-state index is 0.310. The molecule has 0 aromatic carbocycles. The van der Waals surface area contributed by atoms with Crippen LogP contribution in [0.2, 0.25) is 0 Å². The maximum atomic E-state index is 8.88. The van der Waals surface area contributed by atoms with Crippen molar-refractivity contribution in [3.05, 3.63) is 0 Å². The molecule has 0 heterocycles. The van der Waals surface area contributed by atoms with E-state index in [0.29, 0.717) is 13.2 Å². The van der Waals surface area contributed by atoms with Crippen LogP contribution in [0.4, 0.5) is 0 Å². The van der Waals surface area contributed by atoms with Gasteiger partial charge >= 0.3 is 15.6 Å². The third-order valence-corrected chi connectivity index (χ3v) is 0.371. The number of ether oxygens (including phenoxy) is 1. The lowest BCUT2D eigenvalue weighted by Crippen LogP contribution is -1.89. The van der Waals surface area contributed by atoms with Crippen molar-refractivity contribution in [2.75, 3.05) is 13.2 Å². The Bertz CT molecular complexity index is 289. The molecule has 0 rings (SSSR count). The highest BCUT2D eigenvalue weighted by molar-refractivity contribution is 7.45. The second kappa shape index (κ2) is 11.8. The number of terminal acetylenes is 2. The van der Waals surface area contributed by atoms with Crippen LogP contribution >= 0.6 is 15.6 Å². The third kappa shape index (κ3) is 249. The van der Waals surface area contributed by atoms with Crippen LogP contribution in [0.15, 0.2) is 0 Å². The Labute approximate surface area is 97.6 Å². The van der Waals surface area contributed by atoms with Crippen molar-refractivity contribution in [2.45, 2.75) is 0 Å². The van der Waals surface area contributed by atoms with Crippen LogP contribution in [0.3, 0.4) is 0 Å². The molecule has 6 N–H and O–H groups in total. The topological polar surface area (TPSA) is 165 Å². The SMILES string of the molecule is C#CCOCC#C.O=P(O)(O)O.O=P(O)(O)O. The highest BCUT2D eigenvalue weighted by Crippen LogP contribution is 2.26. The molecule has 0 radical (unpaired) electrons. The molecule has 0 aliphatic heterocycles. The van der Waals surface area contributed by atoms with Gasteiger partial charge in [0.05, 0.1) is 0 Å². The average molecular weight is 290 g/mol. The second-order valence-electron chi connectivity index (χ2n) is 1.93. The first-order valence-electron chi connectivity index (χ1n) is 3.43. The van der Waals surface area contributed by atoms with Crippen LogP contribution in [-0.4, -0.2) is 42.6 Å². The Morgan fingerprint density at radius 1 is 0.824 bits per heavy atom. The summed E-state index contributed by atoms with van der Waals surface area (Å²) in [6, 6.07) is 0. The van der Waals surface area contributed by atoms with E-state index in [9.17, 15) is 0 Å². The van der Waals surface area contributed by atoms with E-state index in [1.165, 1.54) is 0 Å². The summed E-state index contributed by atoms with van der Waals surface area (Å²) in [6.45, 7) is 0.619. The molecule has 0 amide bonds. The maximum absolute atomic E-state index is 8.88. The summed E-state index contributed by atoms with van der Waals surface area (Å²) in [5, 5.41) is 0. The lowest BCUT2D eigenvalue weighted by molar-refractivity contribution is 0.205. The summed E-state index contributed by atoms with van der Waals surface area (Å²) in [5.74, 6) is 4.57. The lowest BCUT2D eigenvalue weighted by Gasteiger charge is -1.86. The Morgan fingerprint density at radius 3 is 1.12 bits per heavy atom. The highest BCUT2D eigenvalue weighted by Gasteiger charge is 2.00. The fourth-order valence-corrected chi connectivity index (χ4v) is 0.169. The average Bonchev–Trinajstić information content (AvgIpc) is 1.99. The summed E-state index contributed by atoms with van der Waals surface area (Å²) in [5.41, 5.74) is 0. The minimum Gasteiger partial charge on any atom is -0.356 e. The molecular weight excluding hydrogens is 278 g/mol. The summed E-state index contributed by atoms with van der Waals surface area (Å²) in [7, 11) is -9.28. The first kappa shape index (κ1) is 21.6. The van der Waals surface area contributed by atoms with Crippen LogP contribution in [-0.2, 0) is 13.9 Å². The molecule has 100 valence electrons. The van der Waals surface area contributed by atoms with Crippen molar-refractivity contribution in [1.82, 2.24) is 0 Å². The van der Waals surface area contributed by atoms with E-state index in [-0.39, 0.29) is 0 Å². The lowest BCUT2D eigenvalue weighted by atomic mass is 10.7. The van der Waals surface area contributed by atoms with Crippen molar-refractivity contribution in [3.63, 3.8) is 0 Å². The molecule has 0 atom stereocenters. The van der Waals surface area contributed by atoms with E-state index in [2.05, 4.69) is 16.6 Å². The first-order valence-corrected chi connectivity index (χ1v) is 6.56. The Kier molecular flexibility index (Phi) is 14.9. The normalized spacial score (nSPS) is 9.65. The number of hydrogen-bond donors (Lipinski definition) is 6. The van der Waals surface area contributed by atoms with E-state index in [1.807, 2.05) is 0 Å². The molecule has 9 nitrogen and oxygen atoms in total. The molecule has 0 aliphatic rings. The Hall–Kier alpha value is -0.700. The van der Waals surface area contributed by atoms with Gasteiger partial charge in [-0.3, -0.25) is 0 Å². The van der Waals surface area contributed by atoms with Gasteiger partial charge in [-0.2, -0.15) is 0 Å². The molecule has 17 heavy (non-hydrogen) atoms. The molecule has 0 bridgehead atoms. The van der Waals surface area contributed by atoms with Crippen LogP contribution in [0.5, 0.6) is 0 Å². The van der Waals surface area contributed by atoms with Crippen LogP contribution in [0, 0.1) is 24.7 Å². The monoisotopic (exact) mass is 290 g/mol. The first-order chi connectivity index (χ1) is 7.41. The van der Waals surface area contributed by atoms with Gasteiger partial charge in [0.15, 0.2) is 0 Å². The molecular formula is C6H12O9P2. The van der Waals surface area contributed by atoms with Crippen LogP contribution in [0.1, 0.15) is 0 Å². The van der Waals surface area contributed by atoms with E-state index >= 15 is 0 Å². The van der Waals surface area contributed by atoms with Gasteiger partial charge in [-0.15, -0.1) is 12.8 Å². The van der Waals surface area contributed by atoms with Gasteiger partial charge in [0.2, 0.25) is 0 Å². The predicted octanol–water partition coefficient (Wildman–Crippen LogP) is -1.59. The summed E-state index contributed by atoms with van der Waals surface area (Å²) in [4.78, 5) is 43.1. The zero-order valence-electron chi connectivity index (χ0n) is 8.37. The molecule has 0 unspecified atom stereocenters. The smallest absolute Gasteiger partial charge is 0.356 e. The number of hydrogen-bond acceptors (Lipinski definition) is 3. The van der Waals surface area contributed by atoms with E-state index < -0.39 is 15.6 Å². The summed E-state index contributed by atoms with van der Waals surface area (Å²) < 4.78 is 22.4. The van der Waals surface area contributed by atoms with Gasteiger partial charge in [-0.1, -0.05) is 11.8 Å². The largest absolute Gasteiger partial charge is 0.466 e. The predicted molar refractivity (Wildman–Crippen MR) is 57.0 cm³/mol. The standard InChI is InChI=1S/C6H6O.2H3O4P/c1-3-5-7-6-4-2;2*1-5(2,3)4/h1-2H,5-6H2;2*(H3,1,2,3,4). The molecule has 0 aliphatic carbocycles. The minimum atomic E-state index is -4.64. The quantitative estimate of drug-likeness (QED) is 0.200. The van der Waals surface area contributed by atoms with Crippen LogP contribution < -0.4 is 0 Å². The van der Waals surface area contributed by atoms with E-state index in [1.54, 1.807) is 0 Å². The van der Waals surface area contributed by atoms with E-state index in [4.69, 9.17) is 51.3 Å². The zero-order valence-corrected chi connectivity index (χ0v) is 10.2. The number of rotatable bonds is 2. The van der Waals surface area contributed by atoms with Crippen molar-refractivity contribution >= 4 is 15.6 Å². The van der Waals surface area contributed by atoms with Gasteiger partial charge in [0.1, 0.15) is 13.2 Å². The van der Waals surface area contributed by atoms with Crippen molar-refractivity contribution in [3.8, 4) is 24.7 Å². The third-order valence-electron chi connectivity index (χ3n) is 0.371. The fraction of sp³-hybridized carbons (Fsp3) is 0.333. The van der Waals surface area contributed by atoms with Gasteiger partial charge in [-0.05, 0) is 0 Å². The summed E-state index contributed by atoms with van der Waals surface area (Å²) >= 11 is 0.